The number of nitrogens with one attached hydrogen (secondary N) is 2. The molecule has 1 atom stereocenters. The van der Waals surface area contributed by atoms with E-state index in [4.69, 9.17) is 0 Å². The van der Waals surface area contributed by atoms with Crippen LogP contribution in [0.15, 0.2) is 4.79 Å². The maximum absolute atomic E-state index is 12.4. The molecule has 0 amide bonds. The second kappa shape index (κ2) is 3.50. The summed E-state index contributed by atoms with van der Waals surface area (Å²) in [6, 6.07) is 0. The van der Waals surface area contributed by atoms with Crippen molar-refractivity contribution in [1.29, 1.82) is 0 Å². The third-order valence-electron chi connectivity index (χ3n) is 2.45. The molecular weight excluding hydrogens is 223 g/mol. The predicted molar refractivity (Wildman–Crippen MR) is 51.2 cm³/mol. The Morgan fingerprint density at radius 3 is 2.75 bits per heavy atom. The minimum absolute atomic E-state index is 0.0502. The van der Waals surface area contributed by atoms with Crippen LogP contribution in [0.5, 0.6) is 0 Å². The third-order valence-corrected chi connectivity index (χ3v) is 2.45. The minimum atomic E-state index is -4.63. The first-order valence-corrected chi connectivity index (χ1v) is 4.82. The van der Waals surface area contributed by atoms with E-state index in [-0.39, 0.29) is 11.7 Å². The molecule has 0 spiro atoms. The van der Waals surface area contributed by atoms with Crippen LogP contribution in [-0.2, 0) is 12.6 Å². The Morgan fingerprint density at radius 1 is 1.44 bits per heavy atom. The quantitative estimate of drug-likeness (QED) is 0.712. The third kappa shape index (κ3) is 1.89. The lowest BCUT2D eigenvalue weighted by Gasteiger charge is -2.22. The van der Waals surface area contributed by atoms with Crippen molar-refractivity contribution in [2.75, 3.05) is 11.9 Å². The molecule has 0 saturated heterocycles. The number of fused-ring (bicyclic) bond motifs is 1. The van der Waals surface area contributed by atoms with Gasteiger partial charge in [-0.1, -0.05) is 6.92 Å². The minimum Gasteiger partial charge on any atom is -0.369 e. The Labute approximate surface area is 88.9 Å². The molecule has 0 saturated carbocycles. The van der Waals surface area contributed by atoms with Crippen LogP contribution in [0.1, 0.15) is 18.3 Å². The van der Waals surface area contributed by atoms with Gasteiger partial charge < -0.3 is 10.3 Å². The zero-order valence-electron chi connectivity index (χ0n) is 8.48. The van der Waals surface area contributed by atoms with Crippen LogP contribution in [0.2, 0.25) is 0 Å². The second-order valence-electron chi connectivity index (χ2n) is 3.93. The van der Waals surface area contributed by atoms with Gasteiger partial charge in [0.15, 0.2) is 0 Å². The number of hydrogen-bond acceptors (Lipinski definition) is 3. The number of rotatable bonds is 0. The predicted octanol–water partition coefficient (Wildman–Crippen LogP) is 1.39. The normalized spacial score (nSPS) is 20.1. The standard InChI is InChI=1S/C9H10F3N3O/c1-4-2-5-6(13-3-4)14-8(9(10,11)12)15-7(5)16/h4H,2-3H2,1H3,(H2,13,14,15,16)/t4-/m0/s1. The van der Waals surface area contributed by atoms with Gasteiger partial charge in [0.25, 0.3) is 5.56 Å². The number of halogens is 3. The van der Waals surface area contributed by atoms with Gasteiger partial charge in [-0.3, -0.25) is 4.79 Å². The number of hydrogen-bond donors (Lipinski definition) is 2. The first-order chi connectivity index (χ1) is 7.38. The zero-order chi connectivity index (χ0) is 11.9. The summed E-state index contributed by atoms with van der Waals surface area (Å²) in [5.74, 6) is -0.986. The maximum atomic E-state index is 12.4. The van der Waals surface area contributed by atoms with Gasteiger partial charge in [0.05, 0.1) is 5.56 Å². The molecule has 4 nitrogen and oxygen atoms in total. The van der Waals surface area contributed by atoms with E-state index in [1.54, 1.807) is 4.98 Å². The van der Waals surface area contributed by atoms with E-state index in [1.807, 2.05) is 6.92 Å². The molecule has 1 aromatic rings. The molecule has 2 rings (SSSR count). The van der Waals surface area contributed by atoms with Crippen molar-refractivity contribution in [2.45, 2.75) is 19.5 Å². The van der Waals surface area contributed by atoms with Crippen molar-refractivity contribution in [2.24, 2.45) is 5.92 Å². The largest absolute Gasteiger partial charge is 0.449 e. The van der Waals surface area contributed by atoms with Gasteiger partial charge in [-0.25, -0.2) is 4.98 Å². The van der Waals surface area contributed by atoms with Gasteiger partial charge in [0, 0.05) is 6.54 Å². The molecule has 0 fully saturated rings. The van der Waals surface area contributed by atoms with Crippen LogP contribution >= 0.6 is 0 Å². The molecule has 0 radical (unpaired) electrons. The zero-order valence-corrected chi connectivity index (χ0v) is 8.48. The highest BCUT2D eigenvalue weighted by molar-refractivity contribution is 5.45. The summed E-state index contributed by atoms with van der Waals surface area (Å²) in [5, 5.41) is 2.73. The van der Waals surface area contributed by atoms with Gasteiger partial charge in [-0.15, -0.1) is 0 Å². The van der Waals surface area contributed by atoms with E-state index >= 15 is 0 Å². The summed E-state index contributed by atoms with van der Waals surface area (Å²) in [7, 11) is 0. The Balaban J connectivity index is 2.51. The fourth-order valence-corrected chi connectivity index (χ4v) is 1.66. The Kier molecular flexibility index (Phi) is 2.40. The number of alkyl halides is 3. The molecule has 88 valence electrons. The molecule has 2 N–H and O–H groups in total. The summed E-state index contributed by atoms with van der Waals surface area (Å²) < 4.78 is 37.1. The van der Waals surface area contributed by atoms with E-state index in [0.717, 1.165) is 0 Å². The van der Waals surface area contributed by atoms with E-state index in [1.165, 1.54) is 0 Å². The number of nitrogens with zero attached hydrogens (tertiary/aromatic N) is 1. The second-order valence-corrected chi connectivity index (χ2v) is 3.93. The number of aromatic nitrogens is 2. The van der Waals surface area contributed by atoms with Gasteiger partial charge in [0.2, 0.25) is 5.82 Å². The van der Waals surface area contributed by atoms with E-state index in [9.17, 15) is 18.0 Å². The average Bonchev–Trinajstić information content (AvgIpc) is 2.17. The van der Waals surface area contributed by atoms with Crippen LogP contribution in [-0.4, -0.2) is 16.5 Å². The first-order valence-electron chi connectivity index (χ1n) is 4.82. The van der Waals surface area contributed by atoms with Crippen LogP contribution in [0, 0.1) is 5.92 Å². The lowest BCUT2D eigenvalue weighted by molar-refractivity contribution is -0.145. The first kappa shape index (κ1) is 11.0. The monoisotopic (exact) mass is 233 g/mol. The van der Waals surface area contributed by atoms with Crippen molar-refractivity contribution in [3.05, 3.63) is 21.7 Å². The average molecular weight is 233 g/mol. The summed E-state index contributed by atoms with van der Waals surface area (Å²) >= 11 is 0. The molecule has 0 bridgehead atoms. The molecule has 16 heavy (non-hydrogen) atoms. The molecule has 7 heteroatoms. The highest BCUT2D eigenvalue weighted by atomic mass is 19.4. The van der Waals surface area contributed by atoms with Gasteiger partial charge in [-0.2, -0.15) is 13.2 Å². The van der Waals surface area contributed by atoms with Gasteiger partial charge in [0.1, 0.15) is 5.82 Å². The van der Waals surface area contributed by atoms with E-state index in [2.05, 4.69) is 10.3 Å². The van der Waals surface area contributed by atoms with Crippen LogP contribution in [0.25, 0.3) is 0 Å². The van der Waals surface area contributed by atoms with Crippen molar-refractivity contribution in [3.8, 4) is 0 Å². The van der Waals surface area contributed by atoms with E-state index < -0.39 is 17.6 Å². The summed E-state index contributed by atoms with van der Waals surface area (Å²) in [6.07, 6.45) is -4.18. The molecule has 0 aliphatic carbocycles. The maximum Gasteiger partial charge on any atom is 0.449 e. The Bertz CT molecular complexity index is 466. The fourth-order valence-electron chi connectivity index (χ4n) is 1.66. The van der Waals surface area contributed by atoms with Crippen molar-refractivity contribution in [1.82, 2.24) is 9.97 Å². The Morgan fingerprint density at radius 2 is 2.12 bits per heavy atom. The molecule has 1 aromatic heterocycles. The van der Waals surface area contributed by atoms with Crippen LogP contribution in [0.3, 0.4) is 0 Å². The van der Waals surface area contributed by atoms with E-state index in [0.29, 0.717) is 18.5 Å². The number of anilines is 1. The summed E-state index contributed by atoms with van der Waals surface area (Å²) in [4.78, 5) is 16.6. The summed E-state index contributed by atoms with van der Waals surface area (Å²) in [5.41, 5.74) is -0.414. The van der Waals surface area contributed by atoms with Crippen molar-refractivity contribution >= 4 is 5.82 Å². The topological polar surface area (TPSA) is 57.8 Å². The molecule has 0 unspecified atom stereocenters. The van der Waals surface area contributed by atoms with Crippen molar-refractivity contribution < 1.29 is 13.2 Å². The molecular formula is C9H10F3N3O. The summed E-state index contributed by atoms with van der Waals surface area (Å²) in [6.45, 7) is 2.44. The van der Waals surface area contributed by atoms with Crippen LogP contribution in [0.4, 0.5) is 19.0 Å². The SMILES string of the molecule is C[C@@H]1CNc2nc(C(F)(F)F)[nH]c(=O)c2C1. The highest BCUT2D eigenvalue weighted by Gasteiger charge is 2.35. The van der Waals surface area contributed by atoms with Gasteiger partial charge >= 0.3 is 6.18 Å². The molecule has 1 aliphatic rings. The van der Waals surface area contributed by atoms with Gasteiger partial charge in [-0.05, 0) is 12.3 Å². The van der Waals surface area contributed by atoms with Crippen LogP contribution < -0.4 is 10.9 Å². The molecule has 1 aliphatic heterocycles. The lowest BCUT2D eigenvalue weighted by Crippen LogP contribution is -2.31. The number of aromatic amines is 1. The smallest absolute Gasteiger partial charge is 0.369 e. The molecule has 2 heterocycles. The fraction of sp³-hybridized carbons (Fsp3) is 0.556. The lowest BCUT2D eigenvalue weighted by atomic mass is 9.99. The molecule has 0 aromatic carbocycles. The highest BCUT2D eigenvalue weighted by Crippen LogP contribution is 2.28. The Hall–Kier alpha value is -1.53. The van der Waals surface area contributed by atoms with Crippen molar-refractivity contribution in [3.63, 3.8) is 0 Å². The number of H-pyrrole nitrogens is 1.